The molecule has 1 aromatic rings. The largest absolute Gasteiger partial charge is 0.260 e. The summed E-state index contributed by atoms with van der Waals surface area (Å²) < 4.78 is 39.6. The summed E-state index contributed by atoms with van der Waals surface area (Å²) in [6, 6.07) is 0.774. The van der Waals surface area contributed by atoms with Crippen molar-refractivity contribution in [3.05, 3.63) is 24.3 Å². The number of hydrogen-bond acceptors (Lipinski definition) is 3. The van der Waals surface area contributed by atoms with Gasteiger partial charge in [0.1, 0.15) is 10.7 Å². The van der Waals surface area contributed by atoms with Crippen molar-refractivity contribution >= 4 is 21.6 Å². The fourth-order valence-corrected chi connectivity index (χ4v) is 4.36. The molecule has 106 valence electrons. The number of sulfonamides is 1. The Balaban J connectivity index is 2.36. The minimum atomic E-state index is -3.72. The van der Waals surface area contributed by atoms with E-state index in [4.69, 9.17) is 11.6 Å². The molecule has 1 aliphatic heterocycles. The third-order valence-electron chi connectivity index (χ3n) is 3.29. The third-order valence-corrected chi connectivity index (χ3v) is 5.56. The van der Waals surface area contributed by atoms with Crippen molar-refractivity contribution in [2.45, 2.75) is 36.6 Å². The van der Waals surface area contributed by atoms with Gasteiger partial charge in [0.2, 0.25) is 10.0 Å². The highest BCUT2D eigenvalue weighted by Gasteiger charge is 2.32. The van der Waals surface area contributed by atoms with Crippen LogP contribution in [-0.4, -0.2) is 36.2 Å². The fraction of sp³-hybridized carbons (Fsp3) is 0.583. The topological polar surface area (TPSA) is 50.3 Å². The molecule has 0 aliphatic carbocycles. The van der Waals surface area contributed by atoms with Gasteiger partial charge in [-0.2, -0.15) is 4.31 Å². The lowest BCUT2D eigenvalue weighted by atomic mass is 10.1. The SMILES string of the molecule is O=S(=O)(c1cncc(F)c1)N1CCCCCC1CCl. The number of nitrogens with zero attached hydrogens (tertiary/aromatic N) is 2. The first-order valence-corrected chi connectivity index (χ1v) is 8.21. The molecule has 0 N–H and O–H groups in total. The van der Waals surface area contributed by atoms with Crippen LogP contribution in [-0.2, 0) is 10.0 Å². The number of rotatable bonds is 3. The molecule has 1 unspecified atom stereocenters. The van der Waals surface area contributed by atoms with E-state index in [1.807, 2.05) is 0 Å². The van der Waals surface area contributed by atoms with Crippen LogP contribution >= 0.6 is 11.6 Å². The second-order valence-electron chi connectivity index (χ2n) is 4.61. The van der Waals surface area contributed by atoms with E-state index in [-0.39, 0.29) is 16.8 Å². The summed E-state index contributed by atoms with van der Waals surface area (Å²) in [5, 5.41) is 0. The summed E-state index contributed by atoms with van der Waals surface area (Å²) in [6.45, 7) is 0.427. The average Bonchev–Trinajstić information content (AvgIpc) is 2.64. The molecule has 1 fully saturated rings. The van der Waals surface area contributed by atoms with Crippen LogP contribution in [0.15, 0.2) is 23.4 Å². The molecule has 2 rings (SSSR count). The molecular formula is C12H16ClFN2O2S. The summed E-state index contributed by atoms with van der Waals surface area (Å²) in [7, 11) is -3.72. The zero-order chi connectivity index (χ0) is 13.9. The summed E-state index contributed by atoms with van der Waals surface area (Å²) in [6.07, 6.45) is 5.65. The highest BCUT2D eigenvalue weighted by Crippen LogP contribution is 2.25. The van der Waals surface area contributed by atoms with Gasteiger partial charge in [-0.25, -0.2) is 12.8 Å². The molecule has 0 bridgehead atoms. The first-order valence-electron chi connectivity index (χ1n) is 6.24. The predicted molar refractivity (Wildman–Crippen MR) is 71.1 cm³/mol. The lowest BCUT2D eigenvalue weighted by molar-refractivity contribution is 0.344. The smallest absolute Gasteiger partial charge is 0.245 e. The van der Waals surface area contributed by atoms with Crippen LogP contribution in [0.25, 0.3) is 0 Å². The van der Waals surface area contributed by atoms with Crippen LogP contribution in [0, 0.1) is 5.82 Å². The minimum Gasteiger partial charge on any atom is -0.260 e. The first kappa shape index (κ1) is 14.7. The van der Waals surface area contributed by atoms with Gasteiger partial charge >= 0.3 is 0 Å². The van der Waals surface area contributed by atoms with Gasteiger partial charge in [0.15, 0.2) is 0 Å². The Hall–Kier alpha value is -0.720. The number of halogens is 2. The van der Waals surface area contributed by atoms with Gasteiger partial charge < -0.3 is 0 Å². The van der Waals surface area contributed by atoms with Gasteiger partial charge in [0, 0.05) is 24.7 Å². The lowest BCUT2D eigenvalue weighted by Gasteiger charge is -2.27. The molecule has 7 heteroatoms. The maximum atomic E-state index is 13.2. The van der Waals surface area contributed by atoms with Gasteiger partial charge in [0.05, 0.1) is 6.20 Å². The molecule has 2 heterocycles. The molecule has 1 saturated heterocycles. The molecule has 19 heavy (non-hydrogen) atoms. The summed E-state index contributed by atoms with van der Waals surface area (Å²) in [4.78, 5) is 3.50. The number of alkyl halides is 1. The average molecular weight is 307 g/mol. The van der Waals surface area contributed by atoms with E-state index in [1.54, 1.807) is 0 Å². The van der Waals surface area contributed by atoms with Crippen LogP contribution in [0.1, 0.15) is 25.7 Å². The van der Waals surface area contributed by atoms with Gasteiger partial charge in [-0.15, -0.1) is 11.6 Å². The van der Waals surface area contributed by atoms with Crippen molar-refractivity contribution in [2.24, 2.45) is 0 Å². The molecule has 0 radical (unpaired) electrons. The number of hydrogen-bond donors (Lipinski definition) is 0. The van der Waals surface area contributed by atoms with Gasteiger partial charge in [0.25, 0.3) is 0 Å². The molecule has 0 spiro atoms. The van der Waals surface area contributed by atoms with E-state index in [2.05, 4.69) is 4.98 Å². The van der Waals surface area contributed by atoms with Crippen molar-refractivity contribution in [3.8, 4) is 0 Å². The number of aromatic nitrogens is 1. The van der Waals surface area contributed by atoms with Gasteiger partial charge in [-0.05, 0) is 18.9 Å². The van der Waals surface area contributed by atoms with Crippen LogP contribution < -0.4 is 0 Å². The Morgan fingerprint density at radius 1 is 1.37 bits per heavy atom. The van der Waals surface area contributed by atoms with Gasteiger partial charge in [-0.1, -0.05) is 12.8 Å². The molecule has 0 aromatic carbocycles. The third kappa shape index (κ3) is 3.24. The molecule has 0 amide bonds. The maximum Gasteiger partial charge on any atom is 0.245 e. The quantitative estimate of drug-likeness (QED) is 0.806. The summed E-state index contributed by atoms with van der Waals surface area (Å²) in [5.41, 5.74) is 0. The molecule has 1 aromatic heterocycles. The Kier molecular flexibility index (Phi) is 4.76. The normalized spacial score (nSPS) is 22.1. The Morgan fingerprint density at radius 2 is 2.16 bits per heavy atom. The Morgan fingerprint density at radius 3 is 2.84 bits per heavy atom. The second kappa shape index (κ2) is 6.15. The van der Waals surface area contributed by atoms with Crippen LogP contribution in [0.5, 0.6) is 0 Å². The molecule has 4 nitrogen and oxygen atoms in total. The van der Waals surface area contributed by atoms with Crippen molar-refractivity contribution < 1.29 is 12.8 Å². The van der Waals surface area contributed by atoms with Gasteiger partial charge in [-0.3, -0.25) is 4.98 Å². The van der Waals surface area contributed by atoms with Crippen LogP contribution in [0.2, 0.25) is 0 Å². The van der Waals surface area contributed by atoms with Crippen molar-refractivity contribution in [1.82, 2.24) is 9.29 Å². The monoisotopic (exact) mass is 306 g/mol. The fourth-order valence-electron chi connectivity index (χ4n) is 2.29. The predicted octanol–water partition coefficient (Wildman–Crippen LogP) is 2.39. The summed E-state index contributed by atoms with van der Waals surface area (Å²) >= 11 is 5.88. The van der Waals surface area contributed by atoms with Crippen molar-refractivity contribution in [3.63, 3.8) is 0 Å². The van der Waals surface area contributed by atoms with Crippen LogP contribution in [0.4, 0.5) is 4.39 Å². The van der Waals surface area contributed by atoms with Crippen molar-refractivity contribution in [1.29, 1.82) is 0 Å². The van der Waals surface area contributed by atoms with E-state index in [0.717, 1.165) is 37.9 Å². The molecule has 0 saturated carbocycles. The number of pyridine rings is 1. The zero-order valence-corrected chi connectivity index (χ0v) is 12.0. The first-order chi connectivity index (χ1) is 9.05. The maximum absolute atomic E-state index is 13.2. The van der Waals surface area contributed by atoms with E-state index in [1.165, 1.54) is 10.5 Å². The summed E-state index contributed by atoms with van der Waals surface area (Å²) in [5.74, 6) is -0.402. The zero-order valence-electron chi connectivity index (χ0n) is 10.4. The lowest BCUT2D eigenvalue weighted by Crippen LogP contribution is -2.41. The highest BCUT2D eigenvalue weighted by atomic mass is 35.5. The van der Waals surface area contributed by atoms with E-state index in [0.29, 0.717) is 6.54 Å². The second-order valence-corrected chi connectivity index (χ2v) is 6.81. The standard InChI is InChI=1S/C12H16ClFN2O2S/c13-7-11-4-2-1-3-5-16(11)19(17,18)12-6-10(14)8-15-9-12/h6,8-9,11H,1-5,7H2. The Bertz CT molecular complexity index is 538. The van der Waals surface area contributed by atoms with Crippen LogP contribution in [0.3, 0.4) is 0 Å². The molecule has 1 atom stereocenters. The Labute approximate surface area is 117 Å². The van der Waals surface area contributed by atoms with E-state index in [9.17, 15) is 12.8 Å². The molecular weight excluding hydrogens is 291 g/mol. The molecule has 1 aliphatic rings. The van der Waals surface area contributed by atoms with E-state index >= 15 is 0 Å². The minimum absolute atomic E-state index is 0.107. The highest BCUT2D eigenvalue weighted by molar-refractivity contribution is 7.89. The van der Waals surface area contributed by atoms with Crippen molar-refractivity contribution in [2.75, 3.05) is 12.4 Å². The van der Waals surface area contributed by atoms with E-state index < -0.39 is 15.8 Å².